The van der Waals surface area contributed by atoms with Crippen molar-refractivity contribution in [2.24, 2.45) is 0 Å². The fraction of sp³-hybridized carbons (Fsp3) is 0.289. The maximum atomic E-state index is 6.30. The van der Waals surface area contributed by atoms with E-state index in [1.54, 1.807) is 13.3 Å². The number of fused-ring (bicyclic) bond motifs is 1. The maximum Gasteiger partial charge on any atom is 0.163 e. The van der Waals surface area contributed by atoms with Gasteiger partial charge in [-0.25, -0.2) is 0 Å². The second-order valence-corrected chi connectivity index (χ2v) is 11.4. The highest BCUT2D eigenvalue weighted by Gasteiger charge is 2.20. The molecular formula is C38H41N3O3. The average Bonchev–Trinajstić information content (AvgIpc) is 3.08. The summed E-state index contributed by atoms with van der Waals surface area (Å²) in [5, 5.41) is 4.32. The number of anilines is 2. The number of benzene rings is 4. The summed E-state index contributed by atoms with van der Waals surface area (Å²) in [6.07, 6.45) is 6.19. The van der Waals surface area contributed by atoms with E-state index in [-0.39, 0.29) is 0 Å². The topological polar surface area (TPSA) is 55.8 Å². The lowest BCUT2D eigenvalue weighted by Gasteiger charge is -2.32. The molecule has 0 amide bonds. The molecule has 6 heteroatoms. The molecule has 1 saturated heterocycles. The van der Waals surface area contributed by atoms with Gasteiger partial charge in [0.25, 0.3) is 0 Å². The van der Waals surface area contributed by atoms with Crippen LogP contribution in [0.5, 0.6) is 23.0 Å². The molecule has 2 heterocycles. The van der Waals surface area contributed by atoms with E-state index in [0.717, 1.165) is 66.3 Å². The number of hydrogen-bond acceptors (Lipinski definition) is 6. The van der Waals surface area contributed by atoms with E-state index in [1.165, 1.54) is 24.0 Å². The number of aromatic nitrogens is 1. The Morgan fingerprint density at radius 3 is 2.25 bits per heavy atom. The van der Waals surface area contributed by atoms with Crippen molar-refractivity contribution in [2.45, 2.75) is 38.5 Å². The van der Waals surface area contributed by atoms with Crippen LogP contribution in [-0.4, -0.2) is 43.2 Å². The van der Waals surface area contributed by atoms with Crippen LogP contribution in [0, 0.1) is 0 Å². The smallest absolute Gasteiger partial charge is 0.163 e. The van der Waals surface area contributed by atoms with Crippen molar-refractivity contribution in [3.63, 3.8) is 0 Å². The highest BCUT2D eigenvalue weighted by atomic mass is 16.5. The molecule has 1 fully saturated rings. The number of piperidine rings is 1. The molecule has 1 aliphatic heterocycles. The Morgan fingerprint density at radius 1 is 0.818 bits per heavy atom. The molecule has 0 saturated carbocycles. The zero-order valence-electron chi connectivity index (χ0n) is 25.7. The first kappa shape index (κ1) is 29.5. The predicted octanol–water partition coefficient (Wildman–Crippen LogP) is 8.99. The summed E-state index contributed by atoms with van der Waals surface area (Å²) < 4.78 is 18.2. The van der Waals surface area contributed by atoms with E-state index >= 15 is 0 Å². The zero-order chi connectivity index (χ0) is 30.1. The quantitative estimate of drug-likeness (QED) is 0.147. The van der Waals surface area contributed by atoms with Crippen LogP contribution in [0.1, 0.15) is 43.2 Å². The summed E-state index contributed by atoms with van der Waals surface area (Å²) in [6.45, 7) is 6.09. The highest BCUT2D eigenvalue weighted by molar-refractivity contribution is 5.88. The minimum Gasteiger partial charge on any atom is -0.493 e. The maximum absolute atomic E-state index is 6.30. The minimum atomic E-state index is 0.625. The van der Waals surface area contributed by atoms with Gasteiger partial charge < -0.3 is 24.4 Å². The van der Waals surface area contributed by atoms with Crippen LogP contribution in [0.15, 0.2) is 103 Å². The van der Waals surface area contributed by atoms with Crippen LogP contribution >= 0.6 is 0 Å². The Kier molecular flexibility index (Phi) is 9.58. The van der Waals surface area contributed by atoms with Gasteiger partial charge in [0.1, 0.15) is 11.5 Å². The number of nitrogens with one attached hydrogen (secondary N) is 1. The normalized spacial score (nSPS) is 14.0. The van der Waals surface area contributed by atoms with Crippen molar-refractivity contribution in [3.05, 3.63) is 114 Å². The van der Waals surface area contributed by atoms with Crippen molar-refractivity contribution in [1.29, 1.82) is 0 Å². The number of methoxy groups -OCH3 is 1. The van der Waals surface area contributed by atoms with Crippen molar-refractivity contribution in [1.82, 2.24) is 9.88 Å². The summed E-state index contributed by atoms with van der Waals surface area (Å²) in [6, 6.07) is 33.2. The first-order chi connectivity index (χ1) is 21.7. The predicted molar refractivity (Wildman–Crippen MR) is 179 cm³/mol. The third kappa shape index (κ3) is 7.32. The number of nitrogens with zero attached hydrogens (tertiary/aromatic N) is 2. The third-order valence-electron chi connectivity index (χ3n) is 8.45. The molecule has 1 N–H and O–H groups in total. The van der Waals surface area contributed by atoms with Crippen molar-refractivity contribution < 1.29 is 14.2 Å². The molecule has 1 aliphatic rings. The van der Waals surface area contributed by atoms with E-state index < -0.39 is 0 Å². The molecule has 226 valence electrons. The molecule has 6 nitrogen and oxygen atoms in total. The fourth-order valence-electron chi connectivity index (χ4n) is 5.90. The van der Waals surface area contributed by atoms with Gasteiger partial charge in [0.2, 0.25) is 0 Å². The van der Waals surface area contributed by atoms with Crippen LogP contribution in [0.4, 0.5) is 11.4 Å². The second-order valence-electron chi connectivity index (χ2n) is 11.4. The molecule has 0 bridgehead atoms. The van der Waals surface area contributed by atoms with Crippen LogP contribution in [0.25, 0.3) is 10.9 Å². The van der Waals surface area contributed by atoms with Gasteiger partial charge in [0.05, 0.1) is 19.2 Å². The number of ether oxygens (including phenoxy) is 3. The molecule has 4 aromatic carbocycles. The van der Waals surface area contributed by atoms with E-state index in [0.29, 0.717) is 24.0 Å². The second kappa shape index (κ2) is 14.3. The van der Waals surface area contributed by atoms with Crippen LogP contribution in [0.3, 0.4) is 0 Å². The van der Waals surface area contributed by atoms with Gasteiger partial charge in [-0.1, -0.05) is 49.4 Å². The number of pyridine rings is 1. The summed E-state index contributed by atoms with van der Waals surface area (Å²) in [5.74, 6) is 3.52. The molecule has 1 aromatic heterocycles. The number of rotatable bonds is 12. The lowest BCUT2D eigenvalue weighted by molar-refractivity contribution is 0.191. The SMILES string of the molecule is CCc1ccc(Nc2ccc(Oc3ccnc4cc(OCCCN5CCC(c6ccccc6)CC5)c(OC)cc34)cc2)cc1. The van der Waals surface area contributed by atoms with Gasteiger partial charge in [0.15, 0.2) is 11.5 Å². The van der Waals surface area contributed by atoms with Crippen LogP contribution < -0.4 is 19.5 Å². The summed E-state index contributed by atoms with van der Waals surface area (Å²) in [7, 11) is 1.67. The van der Waals surface area contributed by atoms with Crippen molar-refractivity contribution in [3.8, 4) is 23.0 Å². The Hall–Kier alpha value is -4.55. The molecule has 0 atom stereocenters. The van der Waals surface area contributed by atoms with E-state index in [4.69, 9.17) is 14.2 Å². The number of hydrogen-bond donors (Lipinski definition) is 1. The largest absolute Gasteiger partial charge is 0.493 e. The molecule has 44 heavy (non-hydrogen) atoms. The molecule has 5 aromatic rings. The molecule has 0 unspecified atom stereocenters. The van der Waals surface area contributed by atoms with E-state index in [9.17, 15) is 0 Å². The zero-order valence-corrected chi connectivity index (χ0v) is 25.7. The van der Waals surface area contributed by atoms with Crippen molar-refractivity contribution in [2.75, 3.05) is 38.7 Å². The molecule has 6 rings (SSSR count). The van der Waals surface area contributed by atoms with Gasteiger partial charge in [0, 0.05) is 35.6 Å². The summed E-state index contributed by atoms with van der Waals surface area (Å²) >= 11 is 0. The Morgan fingerprint density at radius 2 is 1.55 bits per heavy atom. The van der Waals surface area contributed by atoms with Gasteiger partial charge in [-0.2, -0.15) is 0 Å². The average molecular weight is 588 g/mol. The van der Waals surface area contributed by atoms with E-state index in [1.807, 2.05) is 42.5 Å². The minimum absolute atomic E-state index is 0.625. The van der Waals surface area contributed by atoms with Crippen LogP contribution in [-0.2, 0) is 6.42 Å². The van der Waals surface area contributed by atoms with Gasteiger partial charge in [-0.05, 0) is 104 Å². The summed E-state index contributed by atoms with van der Waals surface area (Å²) in [4.78, 5) is 7.15. The monoisotopic (exact) mass is 587 g/mol. The Bertz CT molecular complexity index is 1630. The Balaban J connectivity index is 1.04. The number of likely N-dealkylation sites (tertiary alicyclic amines) is 1. The Labute approximate surface area is 260 Å². The van der Waals surface area contributed by atoms with Crippen LogP contribution in [0.2, 0.25) is 0 Å². The highest BCUT2D eigenvalue weighted by Crippen LogP contribution is 2.37. The summed E-state index contributed by atoms with van der Waals surface area (Å²) in [5.41, 5.74) is 5.66. The van der Waals surface area contributed by atoms with Gasteiger partial charge in [-0.15, -0.1) is 0 Å². The van der Waals surface area contributed by atoms with Gasteiger partial charge >= 0.3 is 0 Å². The lowest BCUT2D eigenvalue weighted by atomic mass is 9.89. The fourth-order valence-corrected chi connectivity index (χ4v) is 5.90. The lowest BCUT2D eigenvalue weighted by Crippen LogP contribution is -2.34. The standard InChI is InChI=1S/C38H41N3O3/c1-3-28-10-12-31(13-11-28)40-32-14-16-33(17-15-32)44-36-18-21-39-35-27-38(37(42-2)26-34(35)36)43-25-7-22-41-23-19-30(20-24-41)29-8-5-4-6-9-29/h4-6,8-18,21,26-27,30,40H,3,7,19-20,22-25H2,1-2H3. The molecule has 0 radical (unpaired) electrons. The number of aryl methyl sites for hydroxylation is 1. The van der Waals surface area contributed by atoms with E-state index in [2.05, 4.69) is 76.7 Å². The first-order valence-electron chi connectivity index (χ1n) is 15.7. The third-order valence-corrected chi connectivity index (χ3v) is 8.45. The molecular weight excluding hydrogens is 546 g/mol. The molecule has 0 aliphatic carbocycles. The van der Waals surface area contributed by atoms with Crippen molar-refractivity contribution >= 4 is 22.3 Å². The van der Waals surface area contributed by atoms with Gasteiger partial charge in [-0.3, -0.25) is 4.98 Å². The molecule has 0 spiro atoms. The first-order valence-corrected chi connectivity index (χ1v) is 15.7.